The molecule has 2 aromatic rings. The van der Waals surface area contributed by atoms with Gasteiger partial charge >= 0.3 is 0 Å². The third-order valence-corrected chi connectivity index (χ3v) is 6.01. The molecule has 1 unspecified atom stereocenters. The number of anilines is 1. The minimum absolute atomic E-state index is 0.0148. The van der Waals surface area contributed by atoms with E-state index in [9.17, 15) is 14.4 Å². The standard InChI is InChI=1S/C25H35N5O4/c1-17(2)12-15-30(23(32)9-8-22(31)28-21-16-18(3)34-29-21)24(19-10-13-26-14-11-19)25(33)27-20-6-4-5-7-20/h10-11,13-14,16-17,20,24H,4-9,12,15H2,1-3H3,(H,27,33)(H,28,29,31). The molecule has 0 radical (unpaired) electrons. The third kappa shape index (κ3) is 7.40. The van der Waals surface area contributed by atoms with E-state index in [-0.39, 0.29) is 36.6 Å². The van der Waals surface area contributed by atoms with Crippen molar-refractivity contribution in [1.82, 2.24) is 20.4 Å². The lowest BCUT2D eigenvalue weighted by Crippen LogP contribution is -2.46. The van der Waals surface area contributed by atoms with Gasteiger partial charge in [-0.15, -0.1) is 0 Å². The van der Waals surface area contributed by atoms with Gasteiger partial charge in [-0.25, -0.2) is 0 Å². The summed E-state index contributed by atoms with van der Waals surface area (Å²) in [5, 5.41) is 9.53. The van der Waals surface area contributed by atoms with Crippen LogP contribution in [0.3, 0.4) is 0 Å². The monoisotopic (exact) mass is 469 g/mol. The molecule has 0 aliphatic heterocycles. The second-order valence-corrected chi connectivity index (χ2v) is 9.31. The molecule has 1 saturated carbocycles. The number of hydrogen-bond donors (Lipinski definition) is 2. The lowest BCUT2D eigenvalue weighted by molar-refractivity contribution is -0.142. The van der Waals surface area contributed by atoms with Crippen LogP contribution in [0.2, 0.25) is 0 Å². The van der Waals surface area contributed by atoms with Crippen molar-refractivity contribution in [3.63, 3.8) is 0 Å². The molecule has 1 fully saturated rings. The Morgan fingerprint density at radius 2 is 1.85 bits per heavy atom. The van der Waals surface area contributed by atoms with Gasteiger partial charge in [0.05, 0.1) is 0 Å². The molecule has 184 valence electrons. The van der Waals surface area contributed by atoms with Gasteiger partial charge in [-0.1, -0.05) is 31.8 Å². The summed E-state index contributed by atoms with van der Waals surface area (Å²) in [6.07, 6.45) is 8.08. The van der Waals surface area contributed by atoms with Crippen LogP contribution in [0, 0.1) is 12.8 Å². The van der Waals surface area contributed by atoms with Crippen molar-refractivity contribution in [2.45, 2.75) is 77.8 Å². The predicted molar refractivity (Wildman–Crippen MR) is 128 cm³/mol. The van der Waals surface area contributed by atoms with E-state index in [0.717, 1.165) is 32.1 Å². The summed E-state index contributed by atoms with van der Waals surface area (Å²) in [4.78, 5) is 44.9. The zero-order valence-corrected chi connectivity index (χ0v) is 20.3. The van der Waals surface area contributed by atoms with Crippen LogP contribution in [0.25, 0.3) is 0 Å². The number of amides is 3. The Balaban J connectivity index is 1.75. The summed E-state index contributed by atoms with van der Waals surface area (Å²) < 4.78 is 4.96. The van der Waals surface area contributed by atoms with E-state index in [1.807, 2.05) is 0 Å². The maximum Gasteiger partial charge on any atom is 0.247 e. The van der Waals surface area contributed by atoms with Crippen molar-refractivity contribution >= 4 is 23.5 Å². The Hall–Kier alpha value is -3.23. The number of rotatable bonds is 11. The number of aryl methyl sites for hydroxylation is 1. The van der Waals surface area contributed by atoms with E-state index in [0.29, 0.717) is 29.6 Å². The van der Waals surface area contributed by atoms with E-state index in [4.69, 9.17) is 4.52 Å². The Bertz CT molecular complexity index is 953. The van der Waals surface area contributed by atoms with Crippen LogP contribution in [-0.2, 0) is 14.4 Å². The second-order valence-electron chi connectivity index (χ2n) is 9.31. The van der Waals surface area contributed by atoms with Crippen molar-refractivity contribution in [2.75, 3.05) is 11.9 Å². The average Bonchev–Trinajstić information content (AvgIpc) is 3.46. The molecule has 3 rings (SSSR count). The van der Waals surface area contributed by atoms with Gasteiger partial charge in [0.15, 0.2) is 5.82 Å². The smallest absolute Gasteiger partial charge is 0.247 e. The Morgan fingerprint density at radius 3 is 2.47 bits per heavy atom. The Kier molecular flexibility index (Phi) is 9.18. The van der Waals surface area contributed by atoms with Crippen molar-refractivity contribution in [2.24, 2.45) is 5.92 Å². The number of hydrogen-bond acceptors (Lipinski definition) is 6. The predicted octanol–water partition coefficient (Wildman–Crippen LogP) is 3.77. The highest BCUT2D eigenvalue weighted by atomic mass is 16.5. The van der Waals surface area contributed by atoms with Crippen LogP contribution < -0.4 is 10.6 Å². The molecule has 0 spiro atoms. The van der Waals surface area contributed by atoms with Crippen molar-refractivity contribution < 1.29 is 18.9 Å². The summed E-state index contributed by atoms with van der Waals surface area (Å²) in [7, 11) is 0. The third-order valence-electron chi connectivity index (χ3n) is 6.01. The van der Waals surface area contributed by atoms with E-state index in [2.05, 4.69) is 34.6 Å². The van der Waals surface area contributed by atoms with Crippen molar-refractivity contribution in [3.05, 3.63) is 41.9 Å². The molecule has 34 heavy (non-hydrogen) atoms. The van der Waals surface area contributed by atoms with Gasteiger partial charge in [0.1, 0.15) is 11.8 Å². The lowest BCUT2D eigenvalue weighted by atomic mass is 10.0. The quantitative estimate of drug-likeness (QED) is 0.517. The molecule has 9 nitrogen and oxygen atoms in total. The molecular weight excluding hydrogens is 434 g/mol. The maximum atomic E-state index is 13.4. The highest BCUT2D eigenvalue weighted by Gasteiger charge is 2.33. The summed E-state index contributed by atoms with van der Waals surface area (Å²) >= 11 is 0. The topological polar surface area (TPSA) is 117 Å². The molecule has 0 saturated heterocycles. The number of pyridine rings is 1. The first-order valence-electron chi connectivity index (χ1n) is 12.1. The Morgan fingerprint density at radius 1 is 1.15 bits per heavy atom. The number of carbonyl (C=O) groups excluding carboxylic acids is 3. The molecule has 1 aliphatic carbocycles. The van der Waals surface area contributed by atoms with E-state index < -0.39 is 6.04 Å². The second kappa shape index (κ2) is 12.3. The molecule has 0 bridgehead atoms. The molecule has 1 atom stereocenters. The fraction of sp³-hybridized carbons (Fsp3) is 0.560. The molecule has 2 N–H and O–H groups in total. The molecule has 2 aromatic heterocycles. The van der Waals surface area contributed by atoms with Crippen molar-refractivity contribution in [3.8, 4) is 0 Å². The maximum absolute atomic E-state index is 13.4. The Labute approximate surface area is 200 Å². The summed E-state index contributed by atoms with van der Waals surface area (Å²) in [5.74, 6) is 0.497. The molecule has 2 heterocycles. The molecule has 1 aliphatic rings. The van der Waals surface area contributed by atoms with Gasteiger partial charge in [0, 0.05) is 43.9 Å². The van der Waals surface area contributed by atoms with Gasteiger partial charge in [0.2, 0.25) is 17.7 Å². The van der Waals surface area contributed by atoms with Crippen LogP contribution in [0.5, 0.6) is 0 Å². The summed E-state index contributed by atoms with van der Waals surface area (Å²) in [5.41, 5.74) is 0.713. The fourth-order valence-electron chi connectivity index (χ4n) is 4.16. The summed E-state index contributed by atoms with van der Waals surface area (Å²) in [6, 6.07) is 4.52. The SMILES string of the molecule is Cc1cc(NC(=O)CCC(=O)N(CCC(C)C)C(C(=O)NC2CCCC2)c2ccncc2)no1. The zero-order valence-electron chi connectivity index (χ0n) is 20.3. The highest BCUT2D eigenvalue weighted by Crippen LogP contribution is 2.25. The highest BCUT2D eigenvalue weighted by molar-refractivity contribution is 5.94. The molecule has 9 heteroatoms. The van der Waals surface area contributed by atoms with Gasteiger partial charge in [-0.05, 0) is 49.8 Å². The molecule has 3 amide bonds. The molecule has 0 aromatic carbocycles. The van der Waals surface area contributed by atoms with Crippen LogP contribution in [-0.4, -0.2) is 45.3 Å². The van der Waals surface area contributed by atoms with Crippen molar-refractivity contribution in [1.29, 1.82) is 0 Å². The lowest BCUT2D eigenvalue weighted by Gasteiger charge is -2.33. The van der Waals surface area contributed by atoms with Crippen LogP contribution in [0.1, 0.15) is 76.2 Å². The number of nitrogens with one attached hydrogen (secondary N) is 2. The minimum Gasteiger partial charge on any atom is -0.360 e. The van der Waals surface area contributed by atoms with Crippen LogP contribution in [0.4, 0.5) is 5.82 Å². The van der Waals surface area contributed by atoms with Crippen LogP contribution in [0.15, 0.2) is 35.1 Å². The van der Waals surface area contributed by atoms with Crippen LogP contribution >= 0.6 is 0 Å². The normalized spacial score (nSPS) is 14.7. The molecular formula is C25H35N5O4. The average molecular weight is 470 g/mol. The number of aromatic nitrogens is 2. The number of nitrogens with zero attached hydrogens (tertiary/aromatic N) is 3. The van der Waals surface area contributed by atoms with E-state index in [1.54, 1.807) is 42.4 Å². The largest absolute Gasteiger partial charge is 0.360 e. The minimum atomic E-state index is -0.767. The zero-order chi connectivity index (χ0) is 24.5. The number of carbonyl (C=O) groups is 3. The van der Waals surface area contributed by atoms with Gasteiger partial charge in [0.25, 0.3) is 0 Å². The van der Waals surface area contributed by atoms with Gasteiger partial charge < -0.3 is 20.1 Å². The first-order chi connectivity index (χ1) is 16.3. The van der Waals surface area contributed by atoms with Gasteiger partial charge in [-0.2, -0.15) is 0 Å². The first kappa shape index (κ1) is 25.4. The fourth-order valence-corrected chi connectivity index (χ4v) is 4.16. The summed E-state index contributed by atoms with van der Waals surface area (Å²) in [6.45, 7) is 6.31. The van der Waals surface area contributed by atoms with E-state index in [1.165, 1.54) is 0 Å². The van der Waals surface area contributed by atoms with Gasteiger partial charge in [-0.3, -0.25) is 19.4 Å². The van der Waals surface area contributed by atoms with E-state index >= 15 is 0 Å². The first-order valence-corrected chi connectivity index (χ1v) is 12.1.